The molecule has 128 valence electrons. The van der Waals surface area contributed by atoms with Crippen LogP contribution in [0.3, 0.4) is 0 Å². The SMILES string of the molecule is Cc1cccc(C)c1OCCCC(=O)N1CCc2ncn(C)c2C1. The summed E-state index contributed by atoms with van der Waals surface area (Å²) in [5, 5.41) is 0. The van der Waals surface area contributed by atoms with Gasteiger partial charge in [-0.05, 0) is 31.4 Å². The average Bonchev–Trinajstić information content (AvgIpc) is 2.94. The van der Waals surface area contributed by atoms with Gasteiger partial charge in [0.15, 0.2) is 0 Å². The van der Waals surface area contributed by atoms with Gasteiger partial charge < -0.3 is 14.2 Å². The number of nitrogens with zero attached hydrogens (tertiary/aromatic N) is 3. The molecule has 0 saturated carbocycles. The summed E-state index contributed by atoms with van der Waals surface area (Å²) in [5.74, 6) is 1.15. The molecule has 1 aromatic carbocycles. The normalized spacial score (nSPS) is 13.7. The predicted molar refractivity (Wildman–Crippen MR) is 93.0 cm³/mol. The van der Waals surface area contributed by atoms with Gasteiger partial charge in [0, 0.05) is 26.4 Å². The molecule has 5 heteroatoms. The lowest BCUT2D eigenvalue weighted by atomic mass is 10.1. The van der Waals surface area contributed by atoms with Crippen molar-refractivity contribution in [3.63, 3.8) is 0 Å². The third kappa shape index (κ3) is 3.45. The van der Waals surface area contributed by atoms with Gasteiger partial charge >= 0.3 is 0 Å². The minimum atomic E-state index is 0.201. The lowest BCUT2D eigenvalue weighted by molar-refractivity contribution is -0.132. The molecule has 5 nitrogen and oxygen atoms in total. The number of imidazole rings is 1. The van der Waals surface area contributed by atoms with Crippen LogP contribution < -0.4 is 4.74 Å². The average molecular weight is 327 g/mol. The molecule has 0 saturated heterocycles. The van der Waals surface area contributed by atoms with Crippen LogP contribution in [-0.2, 0) is 24.8 Å². The molecule has 0 spiro atoms. The minimum absolute atomic E-state index is 0.201. The minimum Gasteiger partial charge on any atom is -0.493 e. The van der Waals surface area contributed by atoms with Crippen molar-refractivity contribution in [1.82, 2.24) is 14.5 Å². The van der Waals surface area contributed by atoms with E-state index in [0.717, 1.165) is 47.7 Å². The quantitative estimate of drug-likeness (QED) is 0.794. The third-order valence-corrected chi connectivity index (χ3v) is 4.65. The molecule has 0 aliphatic carbocycles. The molecule has 0 bridgehead atoms. The molecule has 0 unspecified atom stereocenters. The highest BCUT2D eigenvalue weighted by Gasteiger charge is 2.23. The van der Waals surface area contributed by atoms with Crippen LogP contribution in [0.25, 0.3) is 0 Å². The Hall–Kier alpha value is -2.30. The first-order chi connectivity index (χ1) is 11.6. The van der Waals surface area contributed by atoms with Gasteiger partial charge in [-0.25, -0.2) is 4.98 Å². The van der Waals surface area contributed by atoms with Crippen LogP contribution in [0.4, 0.5) is 0 Å². The summed E-state index contributed by atoms with van der Waals surface area (Å²) in [7, 11) is 1.98. The Balaban J connectivity index is 1.47. The Morgan fingerprint density at radius 1 is 1.29 bits per heavy atom. The predicted octanol–water partition coefficient (Wildman–Crippen LogP) is 2.78. The standard InChI is InChI=1S/C19H25N3O2/c1-14-6-4-7-15(2)19(14)24-11-5-8-18(23)22-10-9-16-17(12-22)21(3)13-20-16/h4,6-7,13H,5,8-12H2,1-3H3. The van der Waals surface area contributed by atoms with Crippen molar-refractivity contribution in [2.75, 3.05) is 13.2 Å². The van der Waals surface area contributed by atoms with E-state index in [1.165, 1.54) is 0 Å². The lowest BCUT2D eigenvalue weighted by Crippen LogP contribution is -2.36. The Morgan fingerprint density at radius 3 is 2.79 bits per heavy atom. The molecule has 1 aliphatic rings. The van der Waals surface area contributed by atoms with Crippen LogP contribution in [0.1, 0.15) is 35.4 Å². The number of rotatable bonds is 5. The van der Waals surface area contributed by atoms with Crippen molar-refractivity contribution in [2.24, 2.45) is 7.05 Å². The van der Waals surface area contributed by atoms with E-state index >= 15 is 0 Å². The molecule has 1 amide bonds. The zero-order chi connectivity index (χ0) is 17.1. The fourth-order valence-corrected chi connectivity index (χ4v) is 3.21. The number of benzene rings is 1. The van der Waals surface area contributed by atoms with Crippen molar-refractivity contribution in [3.05, 3.63) is 47.0 Å². The number of carbonyl (C=O) groups excluding carboxylic acids is 1. The summed E-state index contributed by atoms with van der Waals surface area (Å²) in [6.45, 7) is 6.10. The lowest BCUT2D eigenvalue weighted by Gasteiger charge is -2.27. The number of hydrogen-bond donors (Lipinski definition) is 0. The fraction of sp³-hybridized carbons (Fsp3) is 0.474. The van der Waals surface area contributed by atoms with E-state index in [1.807, 2.05) is 54.9 Å². The van der Waals surface area contributed by atoms with E-state index in [1.54, 1.807) is 0 Å². The summed E-state index contributed by atoms with van der Waals surface area (Å²) >= 11 is 0. The van der Waals surface area contributed by atoms with Crippen molar-refractivity contribution >= 4 is 5.91 Å². The first-order valence-corrected chi connectivity index (χ1v) is 8.52. The molecule has 24 heavy (non-hydrogen) atoms. The van der Waals surface area contributed by atoms with Gasteiger partial charge in [0.05, 0.1) is 30.9 Å². The van der Waals surface area contributed by atoms with E-state index in [2.05, 4.69) is 4.98 Å². The first kappa shape index (κ1) is 16.6. The number of fused-ring (bicyclic) bond motifs is 1. The molecule has 0 fully saturated rings. The number of carbonyl (C=O) groups is 1. The van der Waals surface area contributed by atoms with Crippen molar-refractivity contribution < 1.29 is 9.53 Å². The Morgan fingerprint density at radius 2 is 2.04 bits per heavy atom. The summed E-state index contributed by atoms with van der Waals surface area (Å²) < 4.78 is 7.90. The zero-order valence-corrected chi connectivity index (χ0v) is 14.7. The van der Waals surface area contributed by atoms with Crippen molar-refractivity contribution in [3.8, 4) is 5.75 Å². The molecule has 0 radical (unpaired) electrons. The molecule has 1 aliphatic heterocycles. The number of aryl methyl sites for hydroxylation is 3. The maximum Gasteiger partial charge on any atom is 0.223 e. The molecule has 2 aromatic rings. The van der Waals surface area contributed by atoms with Crippen LogP contribution in [0.15, 0.2) is 24.5 Å². The van der Waals surface area contributed by atoms with Crippen LogP contribution in [0.5, 0.6) is 5.75 Å². The van der Waals surface area contributed by atoms with Crippen LogP contribution in [0.2, 0.25) is 0 Å². The smallest absolute Gasteiger partial charge is 0.223 e. The number of ether oxygens (including phenoxy) is 1. The largest absolute Gasteiger partial charge is 0.493 e. The van der Waals surface area contributed by atoms with E-state index in [-0.39, 0.29) is 5.91 Å². The Kier molecular flexibility index (Phi) is 4.88. The van der Waals surface area contributed by atoms with Gasteiger partial charge in [0.1, 0.15) is 5.75 Å². The van der Waals surface area contributed by atoms with Crippen molar-refractivity contribution in [2.45, 2.75) is 39.7 Å². The molecule has 0 atom stereocenters. The highest BCUT2D eigenvalue weighted by molar-refractivity contribution is 5.76. The fourth-order valence-electron chi connectivity index (χ4n) is 3.21. The molecular formula is C19H25N3O2. The molecule has 2 heterocycles. The summed E-state index contributed by atoms with van der Waals surface area (Å²) in [6.07, 6.45) is 3.94. The maximum atomic E-state index is 12.4. The van der Waals surface area contributed by atoms with Crippen LogP contribution in [-0.4, -0.2) is 33.5 Å². The second-order valence-corrected chi connectivity index (χ2v) is 6.49. The molecular weight excluding hydrogens is 302 g/mol. The van der Waals surface area contributed by atoms with Crippen molar-refractivity contribution in [1.29, 1.82) is 0 Å². The number of hydrogen-bond acceptors (Lipinski definition) is 3. The highest BCUT2D eigenvalue weighted by atomic mass is 16.5. The number of aromatic nitrogens is 2. The number of amides is 1. The first-order valence-electron chi connectivity index (χ1n) is 8.52. The molecule has 1 aromatic heterocycles. The Labute approximate surface area is 143 Å². The number of para-hydroxylation sites is 1. The second-order valence-electron chi connectivity index (χ2n) is 6.49. The van der Waals surface area contributed by atoms with E-state index in [9.17, 15) is 4.79 Å². The maximum absolute atomic E-state index is 12.4. The second kappa shape index (κ2) is 7.07. The van der Waals surface area contributed by atoms with Gasteiger partial charge in [-0.15, -0.1) is 0 Å². The third-order valence-electron chi connectivity index (χ3n) is 4.65. The van der Waals surface area contributed by atoms with Gasteiger partial charge in [0.2, 0.25) is 5.91 Å². The van der Waals surface area contributed by atoms with Gasteiger partial charge in [-0.1, -0.05) is 18.2 Å². The topological polar surface area (TPSA) is 47.4 Å². The molecule has 0 N–H and O–H groups in total. The Bertz CT molecular complexity index is 716. The van der Waals surface area contributed by atoms with E-state index in [4.69, 9.17) is 4.74 Å². The van der Waals surface area contributed by atoms with E-state index in [0.29, 0.717) is 19.6 Å². The zero-order valence-electron chi connectivity index (χ0n) is 14.7. The van der Waals surface area contributed by atoms with Crippen LogP contribution >= 0.6 is 0 Å². The van der Waals surface area contributed by atoms with Crippen LogP contribution in [0, 0.1) is 13.8 Å². The van der Waals surface area contributed by atoms with Gasteiger partial charge in [-0.3, -0.25) is 4.79 Å². The summed E-state index contributed by atoms with van der Waals surface area (Å²) in [5.41, 5.74) is 4.56. The molecule has 3 rings (SSSR count). The highest BCUT2D eigenvalue weighted by Crippen LogP contribution is 2.23. The summed E-state index contributed by atoms with van der Waals surface area (Å²) in [4.78, 5) is 18.7. The van der Waals surface area contributed by atoms with E-state index < -0.39 is 0 Å². The summed E-state index contributed by atoms with van der Waals surface area (Å²) in [6, 6.07) is 6.13. The monoisotopic (exact) mass is 327 g/mol. The van der Waals surface area contributed by atoms with Gasteiger partial charge in [0.25, 0.3) is 0 Å². The van der Waals surface area contributed by atoms with Gasteiger partial charge in [-0.2, -0.15) is 0 Å².